The minimum absolute atomic E-state index is 0.393. The van der Waals surface area contributed by atoms with Crippen LogP contribution in [0, 0.1) is 0 Å². The van der Waals surface area contributed by atoms with Gasteiger partial charge in [-0.1, -0.05) is 36.4 Å². The number of para-hydroxylation sites is 1. The number of aromatic nitrogens is 1. The van der Waals surface area contributed by atoms with Crippen molar-refractivity contribution in [1.29, 1.82) is 0 Å². The molecule has 0 saturated carbocycles. The molecule has 2 heterocycles. The molecule has 0 aliphatic carbocycles. The molecular formula is C18H19N3O2. The fraction of sp³-hybridized carbons (Fsp3) is 0.278. The van der Waals surface area contributed by atoms with E-state index in [1.54, 1.807) is 0 Å². The van der Waals surface area contributed by atoms with Crippen LogP contribution in [0.1, 0.15) is 5.56 Å². The molecule has 0 spiro atoms. The topological polar surface area (TPSA) is 52.5 Å². The van der Waals surface area contributed by atoms with Crippen LogP contribution in [-0.2, 0) is 6.54 Å². The SMILES string of the molecule is O=c1[nH]c2cccc(N3CCN(Cc4ccccc4)CC3)c2o1. The molecule has 23 heavy (non-hydrogen) atoms. The van der Waals surface area contributed by atoms with Gasteiger partial charge in [-0.2, -0.15) is 0 Å². The maximum atomic E-state index is 11.4. The van der Waals surface area contributed by atoms with Gasteiger partial charge in [-0.3, -0.25) is 9.88 Å². The van der Waals surface area contributed by atoms with Crippen LogP contribution in [0.2, 0.25) is 0 Å². The van der Waals surface area contributed by atoms with Crippen molar-refractivity contribution < 1.29 is 4.42 Å². The number of H-pyrrole nitrogens is 1. The Hall–Kier alpha value is -2.53. The van der Waals surface area contributed by atoms with E-state index >= 15 is 0 Å². The molecule has 1 aliphatic rings. The number of anilines is 1. The monoisotopic (exact) mass is 309 g/mol. The Morgan fingerprint density at radius 3 is 2.52 bits per heavy atom. The van der Waals surface area contributed by atoms with E-state index in [1.165, 1.54) is 5.56 Å². The normalized spacial score (nSPS) is 16.1. The van der Waals surface area contributed by atoms with Crippen LogP contribution in [0.25, 0.3) is 11.1 Å². The molecule has 0 radical (unpaired) electrons. The number of rotatable bonds is 3. The number of hydrogen-bond donors (Lipinski definition) is 1. The minimum Gasteiger partial charge on any atom is -0.406 e. The molecule has 0 bridgehead atoms. The summed E-state index contributed by atoms with van der Waals surface area (Å²) in [5, 5.41) is 0. The zero-order valence-electron chi connectivity index (χ0n) is 12.9. The van der Waals surface area contributed by atoms with E-state index in [9.17, 15) is 4.79 Å². The van der Waals surface area contributed by atoms with Crippen molar-refractivity contribution in [2.45, 2.75) is 6.54 Å². The van der Waals surface area contributed by atoms with Crippen LogP contribution >= 0.6 is 0 Å². The lowest BCUT2D eigenvalue weighted by Gasteiger charge is -2.36. The van der Waals surface area contributed by atoms with E-state index in [0.717, 1.165) is 43.9 Å². The second kappa shape index (κ2) is 5.93. The summed E-state index contributed by atoms with van der Waals surface area (Å²) in [7, 11) is 0. The Balaban J connectivity index is 1.47. The average molecular weight is 309 g/mol. The molecule has 2 aromatic carbocycles. The first-order chi connectivity index (χ1) is 11.3. The number of piperazine rings is 1. The molecule has 1 aliphatic heterocycles. The summed E-state index contributed by atoms with van der Waals surface area (Å²) in [6, 6.07) is 16.4. The van der Waals surface area contributed by atoms with Crippen LogP contribution in [-0.4, -0.2) is 36.1 Å². The summed E-state index contributed by atoms with van der Waals surface area (Å²) < 4.78 is 5.31. The molecule has 0 unspecified atom stereocenters. The number of nitrogens with zero attached hydrogens (tertiary/aromatic N) is 2. The highest BCUT2D eigenvalue weighted by Crippen LogP contribution is 2.26. The lowest BCUT2D eigenvalue weighted by molar-refractivity contribution is 0.250. The van der Waals surface area contributed by atoms with E-state index in [2.05, 4.69) is 39.0 Å². The largest absolute Gasteiger partial charge is 0.417 e. The molecule has 3 aromatic rings. The second-order valence-corrected chi connectivity index (χ2v) is 5.92. The zero-order valence-corrected chi connectivity index (χ0v) is 12.9. The van der Waals surface area contributed by atoms with Crippen molar-refractivity contribution in [2.24, 2.45) is 0 Å². The predicted octanol–water partition coefficient (Wildman–Crippen LogP) is 2.44. The smallest absolute Gasteiger partial charge is 0.406 e. The molecule has 1 fully saturated rings. The molecule has 0 atom stereocenters. The van der Waals surface area contributed by atoms with E-state index < -0.39 is 5.76 Å². The summed E-state index contributed by atoms with van der Waals surface area (Å²) in [4.78, 5) is 18.9. The Labute approximate surface area is 134 Å². The van der Waals surface area contributed by atoms with Gasteiger partial charge in [0.2, 0.25) is 0 Å². The number of fused-ring (bicyclic) bond motifs is 1. The molecule has 1 saturated heterocycles. The fourth-order valence-corrected chi connectivity index (χ4v) is 3.20. The lowest BCUT2D eigenvalue weighted by atomic mass is 10.2. The van der Waals surface area contributed by atoms with E-state index in [-0.39, 0.29) is 0 Å². The Bertz CT molecular complexity index is 845. The Morgan fingerprint density at radius 1 is 0.957 bits per heavy atom. The van der Waals surface area contributed by atoms with Gasteiger partial charge in [0.05, 0.1) is 11.2 Å². The highest BCUT2D eigenvalue weighted by atomic mass is 16.4. The molecule has 0 amide bonds. The van der Waals surface area contributed by atoms with Crippen LogP contribution < -0.4 is 10.7 Å². The van der Waals surface area contributed by atoms with Crippen molar-refractivity contribution in [1.82, 2.24) is 9.88 Å². The molecule has 1 aromatic heterocycles. The predicted molar refractivity (Wildman–Crippen MR) is 90.8 cm³/mol. The average Bonchev–Trinajstić information content (AvgIpc) is 2.97. The third-order valence-electron chi connectivity index (χ3n) is 4.39. The second-order valence-electron chi connectivity index (χ2n) is 5.92. The number of aromatic amines is 1. The number of nitrogens with one attached hydrogen (secondary N) is 1. The zero-order chi connectivity index (χ0) is 15.6. The molecule has 118 valence electrons. The highest BCUT2D eigenvalue weighted by Gasteiger charge is 2.20. The van der Waals surface area contributed by atoms with E-state index in [0.29, 0.717) is 5.58 Å². The summed E-state index contributed by atoms with van der Waals surface area (Å²) >= 11 is 0. The summed E-state index contributed by atoms with van der Waals surface area (Å²) in [5.74, 6) is -0.393. The summed E-state index contributed by atoms with van der Waals surface area (Å²) in [6.07, 6.45) is 0. The first kappa shape index (κ1) is 14.1. The number of oxazole rings is 1. The number of benzene rings is 2. The standard InChI is InChI=1S/C18H19N3O2/c22-18-19-15-7-4-8-16(17(15)23-18)21-11-9-20(10-12-21)13-14-5-2-1-3-6-14/h1-8H,9-13H2,(H,19,22). The Morgan fingerprint density at radius 2 is 1.74 bits per heavy atom. The third kappa shape index (κ3) is 2.87. The first-order valence-corrected chi connectivity index (χ1v) is 7.93. The molecular weight excluding hydrogens is 290 g/mol. The van der Waals surface area contributed by atoms with E-state index in [4.69, 9.17) is 4.42 Å². The molecule has 5 heteroatoms. The van der Waals surface area contributed by atoms with Crippen LogP contribution in [0.4, 0.5) is 5.69 Å². The quantitative estimate of drug-likeness (QED) is 0.807. The van der Waals surface area contributed by atoms with Crippen molar-refractivity contribution in [3.8, 4) is 0 Å². The maximum absolute atomic E-state index is 11.4. The van der Waals surface area contributed by atoms with Gasteiger partial charge in [0.15, 0.2) is 5.58 Å². The van der Waals surface area contributed by atoms with Gasteiger partial charge < -0.3 is 9.32 Å². The van der Waals surface area contributed by atoms with Crippen molar-refractivity contribution in [3.63, 3.8) is 0 Å². The van der Waals surface area contributed by atoms with Crippen LogP contribution in [0.15, 0.2) is 57.7 Å². The highest BCUT2D eigenvalue weighted by molar-refractivity contribution is 5.86. The fourth-order valence-electron chi connectivity index (χ4n) is 3.20. The van der Waals surface area contributed by atoms with Gasteiger partial charge in [-0.05, 0) is 17.7 Å². The maximum Gasteiger partial charge on any atom is 0.417 e. The molecule has 5 nitrogen and oxygen atoms in total. The van der Waals surface area contributed by atoms with Gasteiger partial charge in [0.1, 0.15) is 0 Å². The van der Waals surface area contributed by atoms with Crippen molar-refractivity contribution >= 4 is 16.8 Å². The van der Waals surface area contributed by atoms with Gasteiger partial charge in [0, 0.05) is 32.7 Å². The molecule has 4 rings (SSSR count). The third-order valence-corrected chi connectivity index (χ3v) is 4.39. The summed E-state index contributed by atoms with van der Waals surface area (Å²) in [5.41, 5.74) is 3.77. The Kier molecular flexibility index (Phi) is 3.63. The van der Waals surface area contributed by atoms with E-state index in [1.807, 2.05) is 24.3 Å². The number of hydrogen-bond acceptors (Lipinski definition) is 4. The minimum atomic E-state index is -0.393. The van der Waals surface area contributed by atoms with Crippen LogP contribution in [0.5, 0.6) is 0 Å². The summed E-state index contributed by atoms with van der Waals surface area (Å²) in [6.45, 7) is 4.85. The van der Waals surface area contributed by atoms with Gasteiger partial charge in [0.25, 0.3) is 0 Å². The lowest BCUT2D eigenvalue weighted by Crippen LogP contribution is -2.46. The van der Waals surface area contributed by atoms with Gasteiger partial charge in [-0.25, -0.2) is 4.79 Å². The van der Waals surface area contributed by atoms with Crippen molar-refractivity contribution in [3.05, 3.63) is 64.6 Å². The van der Waals surface area contributed by atoms with Crippen molar-refractivity contribution in [2.75, 3.05) is 31.1 Å². The first-order valence-electron chi connectivity index (χ1n) is 7.93. The van der Waals surface area contributed by atoms with Gasteiger partial charge >= 0.3 is 5.76 Å². The molecule has 1 N–H and O–H groups in total. The van der Waals surface area contributed by atoms with Crippen LogP contribution in [0.3, 0.4) is 0 Å². The van der Waals surface area contributed by atoms with Gasteiger partial charge in [-0.15, -0.1) is 0 Å².